The zero-order chi connectivity index (χ0) is 22.8. The first kappa shape index (κ1) is 22.3. The number of nitro groups is 1. The molecule has 1 aliphatic rings. The quantitative estimate of drug-likeness (QED) is 0.301. The maximum Gasteiger partial charge on any atom is 0.345 e. The Balaban J connectivity index is 1.97. The number of rotatable bonds is 8. The number of hydrogen-bond acceptors (Lipinski definition) is 9. The first-order valence-corrected chi connectivity index (χ1v) is 10.4. The summed E-state index contributed by atoms with van der Waals surface area (Å²) < 4.78 is 5.46. The van der Waals surface area contributed by atoms with E-state index < -0.39 is 10.9 Å². The summed E-state index contributed by atoms with van der Waals surface area (Å²) in [6, 6.07) is 3.68. The Morgan fingerprint density at radius 3 is 2.74 bits per heavy atom. The van der Waals surface area contributed by atoms with Crippen molar-refractivity contribution >= 4 is 44.4 Å². The van der Waals surface area contributed by atoms with Crippen LogP contribution in [0.3, 0.4) is 0 Å². The predicted molar refractivity (Wildman–Crippen MR) is 118 cm³/mol. The minimum atomic E-state index is -0.810. The van der Waals surface area contributed by atoms with Crippen LogP contribution in [0.2, 0.25) is 0 Å². The summed E-state index contributed by atoms with van der Waals surface area (Å²) >= 11 is 0.833. The molecule has 0 atom stereocenters. The number of methoxy groups -OCH3 is 1. The Morgan fingerprint density at radius 2 is 2.13 bits per heavy atom. The highest BCUT2D eigenvalue weighted by Crippen LogP contribution is 2.45. The predicted octanol–water partition coefficient (Wildman–Crippen LogP) is 5.71. The Bertz CT molecular complexity index is 1090. The van der Waals surface area contributed by atoms with Gasteiger partial charge in [-0.1, -0.05) is 0 Å². The molecule has 2 aromatic rings. The van der Waals surface area contributed by atoms with Gasteiger partial charge in [-0.25, -0.2) is 4.98 Å². The van der Waals surface area contributed by atoms with Crippen LogP contribution >= 0.6 is 11.3 Å². The largest absolute Gasteiger partial charge is 0.494 e. The van der Waals surface area contributed by atoms with Crippen LogP contribution in [0.25, 0.3) is 5.57 Å². The zero-order valence-corrected chi connectivity index (χ0v) is 18.4. The highest BCUT2D eigenvalue weighted by molar-refractivity contribution is 7.18. The second-order valence-corrected chi connectivity index (χ2v) is 8.60. The van der Waals surface area contributed by atoms with Crippen molar-refractivity contribution in [2.45, 2.75) is 45.6 Å². The molecule has 0 aliphatic carbocycles. The topological polar surface area (TPSA) is 139 Å². The second kappa shape index (κ2) is 8.80. The van der Waals surface area contributed by atoms with Crippen LogP contribution in [0.15, 0.2) is 34.1 Å². The fourth-order valence-electron chi connectivity index (χ4n) is 3.67. The molecule has 0 spiro atoms. The van der Waals surface area contributed by atoms with Crippen molar-refractivity contribution in [3.63, 3.8) is 0 Å². The fourth-order valence-corrected chi connectivity index (χ4v) is 4.22. The van der Waals surface area contributed by atoms with Gasteiger partial charge < -0.3 is 15.2 Å². The molecule has 0 saturated carbocycles. The van der Waals surface area contributed by atoms with Gasteiger partial charge in [0, 0.05) is 23.7 Å². The van der Waals surface area contributed by atoms with E-state index in [2.05, 4.69) is 34.4 Å². The Hall–Kier alpha value is -3.34. The van der Waals surface area contributed by atoms with E-state index in [4.69, 9.17) is 9.84 Å². The van der Waals surface area contributed by atoms with Gasteiger partial charge in [-0.3, -0.25) is 14.9 Å². The van der Waals surface area contributed by atoms with Crippen molar-refractivity contribution in [2.75, 3.05) is 12.4 Å². The van der Waals surface area contributed by atoms with Gasteiger partial charge in [0.25, 0.3) is 0 Å². The van der Waals surface area contributed by atoms with Gasteiger partial charge in [0.15, 0.2) is 0 Å². The van der Waals surface area contributed by atoms with Crippen molar-refractivity contribution in [1.82, 2.24) is 4.98 Å². The highest BCUT2D eigenvalue weighted by Gasteiger charge is 2.31. The maximum absolute atomic E-state index is 10.9. The number of aliphatic carboxylic acids is 1. The molecular weight excluding hydrogens is 422 g/mol. The average Bonchev–Trinajstić information content (AvgIpc) is 3.17. The third kappa shape index (κ3) is 4.88. The van der Waals surface area contributed by atoms with Gasteiger partial charge in [-0.15, -0.1) is 10.2 Å². The van der Waals surface area contributed by atoms with E-state index in [-0.39, 0.29) is 22.1 Å². The number of ether oxygens (including phenoxy) is 1. The summed E-state index contributed by atoms with van der Waals surface area (Å²) in [5.41, 5.74) is 4.10. The van der Waals surface area contributed by atoms with Crippen LogP contribution in [-0.4, -0.2) is 33.6 Å². The first-order valence-electron chi connectivity index (χ1n) is 9.57. The molecule has 2 heterocycles. The van der Waals surface area contributed by atoms with E-state index in [1.807, 2.05) is 19.1 Å². The number of nitrogens with zero attached hydrogens (tertiary/aromatic N) is 4. The molecule has 0 amide bonds. The third-order valence-corrected chi connectivity index (χ3v) is 5.93. The van der Waals surface area contributed by atoms with Crippen molar-refractivity contribution < 1.29 is 19.6 Å². The monoisotopic (exact) mass is 445 g/mol. The minimum Gasteiger partial charge on any atom is -0.494 e. The number of carbonyl (C=O) groups is 1. The summed E-state index contributed by atoms with van der Waals surface area (Å²) in [7, 11) is 1.53. The van der Waals surface area contributed by atoms with E-state index in [9.17, 15) is 14.9 Å². The second-order valence-electron chi connectivity index (χ2n) is 7.61. The number of carboxylic acid groups (broad SMARTS) is 1. The number of nitrogens with one attached hydrogen (secondary N) is 1. The minimum absolute atomic E-state index is 0.109. The van der Waals surface area contributed by atoms with E-state index in [0.29, 0.717) is 24.3 Å². The summed E-state index contributed by atoms with van der Waals surface area (Å²) in [4.78, 5) is 25.1. The summed E-state index contributed by atoms with van der Waals surface area (Å²) in [6.45, 7) is 6.13. The van der Waals surface area contributed by atoms with Crippen LogP contribution in [-0.2, 0) is 4.79 Å². The zero-order valence-electron chi connectivity index (χ0n) is 17.6. The van der Waals surface area contributed by atoms with Crippen LogP contribution in [0.5, 0.6) is 5.75 Å². The van der Waals surface area contributed by atoms with Crippen molar-refractivity contribution in [3.05, 3.63) is 39.6 Å². The van der Waals surface area contributed by atoms with Gasteiger partial charge >= 0.3 is 11.0 Å². The van der Waals surface area contributed by atoms with Crippen LogP contribution < -0.4 is 10.1 Å². The molecule has 1 aliphatic heterocycles. The van der Waals surface area contributed by atoms with E-state index in [1.54, 1.807) is 0 Å². The smallest absolute Gasteiger partial charge is 0.345 e. The van der Waals surface area contributed by atoms with Gasteiger partial charge in [-0.05, 0) is 62.2 Å². The molecule has 0 saturated heterocycles. The average molecular weight is 446 g/mol. The molecule has 1 aromatic carbocycles. The molecule has 10 nitrogen and oxygen atoms in total. The number of thiazole rings is 1. The number of anilines is 1. The normalized spacial score (nSPS) is 15.0. The number of azo groups is 1. The SMILES string of the molecule is COc1cc2c(cc1N=Nc1ncc([N+](=O)[O-])s1)C(C)=C(CCCC(=O)O)C(C)(C)N2. The number of hydrogen-bond donors (Lipinski definition) is 2. The van der Waals surface area contributed by atoms with Crippen molar-refractivity contribution in [1.29, 1.82) is 0 Å². The molecule has 2 N–H and O–H groups in total. The van der Waals surface area contributed by atoms with Gasteiger partial charge in [0.2, 0.25) is 5.13 Å². The molecule has 1 aromatic heterocycles. The third-order valence-electron chi connectivity index (χ3n) is 5.10. The highest BCUT2D eigenvalue weighted by atomic mass is 32.1. The van der Waals surface area contributed by atoms with E-state index in [0.717, 1.165) is 39.9 Å². The molecule has 164 valence electrons. The lowest BCUT2D eigenvalue weighted by Crippen LogP contribution is -2.37. The molecule has 0 unspecified atom stereocenters. The summed E-state index contributed by atoms with van der Waals surface area (Å²) in [5, 5.41) is 31.6. The lowest BCUT2D eigenvalue weighted by molar-refractivity contribution is -0.380. The molecule has 3 rings (SSSR count). The molecule has 0 bridgehead atoms. The summed E-state index contributed by atoms with van der Waals surface area (Å²) in [6.07, 6.45) is 2.46. The van der Waals surface area contributed by atoms with Gasteiger partial charge in [0.1, 0.15) is 17.6 Å². The first-order chi connectivity index (χ1) is 14.6. The lowest BCUT2D eigenvalue weighted by atomic mass is 9.80. The van der Waals surface area contributed by atoms with Crippen molar-refractivity contribution in [2.24, 2.45) is 10.2 Å². The van der Waals surface area contributed by atoms with Crippen LogP contribution in [0, 0.1) is 10.1 Å². The van der Waals surface area contributed by atoms with E-state index >= 15 is 0 Å². The fraction of sp³-hybridized carbons (Fsp3) is 0.400. The number of benzene rings is 1. The standard InChI is InChI=1S/C20H23N5O5S/c1-11-12-8-15(23-24-19-21-10-17(31-19)25(28)29)16(30-4)9-14(12)22-20(2,3)13(11)6-5-7-18(26)27/h8-10,22H,5-7H2,1-4H3,(H,26,27). The van der Waals surface area contributed by atoms with Crippen molar-refractivity contribution in [3.8, 4) is 5.75 Å². The number of allylic oxidation sites excluding steroid dienone is 1. The molecule has 11 heteroatoms. The summed E-state index contributed by atoms with van der Waals surface area (Å²) in [5.74, 6) is -0.311. The Labute approximate surface area is 182 Å². The molecule has 31 heavy (non-hydrogen) atoms. The Morgan fingerprint density at radius 1 is 1.39 bits per heavy atom. The van der Waals surface area contributed by atoms with E-state index in [1.165, 1.54) is 7.11 Å². The maximum atomic E-state index is 10.9. The Kier molecular flexibility index (Phi) is 6.34. The molecular formula is C20H23N5O5S. The van der Waals surface area contributed by atoms with Crippen LogP contribution in [0.4, 0.5) is 21.5 Å². The number of fused-ring (bicyclic) bond motifs is 1. The van der Waals surface area contributed by atoms with Crippen LogP contribution in [0.1, 0.15) is 45.6 Å². The number of aromatic nitrogens is 1. The van der Waals surface area contributed by atoms with Gasteiger partial charge in [0.05, 0.1) is 17.6 Å². The number of carboxylic acids is 1. The molecule has 0 radical (unpaired) electrons. The lowest BCUT2D eigenvalue weighted by Gasteiger charge is -2.38. The molecule has 0 fully saturated rings. The van der Waals surface area contributed by atoms with Gasteiger partial charge in [-0.2, -0.15) is 0 Å².